The molecule has 1 atom stereocenters. The van der Waals surface area contributed by atoms with E-state index in [0.29, 0.717) is 18.1 Å². The number of urea groups is 1. The highest BCUT2D eigenvalue weighted by Crippen LogP contribution is 2.22. The zero-order valence-corrected chi connectivity index (χ0v) is 15.1. The maximum atomic E-state index is 12.2. The number of nitrogens with zero attached hydrogens (tertiary/aromatic N) is 3. The van der Waals surface area contributed by atoms with Crippen molar-refractivity contribution in [2.45, 2.75) is 19.4 Å². The first kappa shape index (κ1) is 17.7. The summed E-state index contributed by atoms with van der Waals surface area (Å²) < 4.78 is 5.48. The molecule has 0 fully saturated rings. The minimum absolute atomic E-state index is 0.207. The Morgan fingerprint density at radius 1 is 1.15 bits per heavy atom. The molecule has 3 aromatic rings. The fraction of sp³-hybridized carbons (Fsp3) is 0.250. The highest BCUT2D eigenvalue weighted by Gasteiger charge is 2.23. The van der Waals surface area contributed by atoms with E-state index < -0.39 is 6.04 Å². The molecular formula is C20H22N4O2. The van der Waals surface area contributed by atoms with E-state index in [2.05, 4.69) is 15.5 Å². The number of aromatic nitrogens is 2. The van der Waals surface area contributed by atoms with Gasteiger partial charge in [-0.2, -0.15) is 4.98 Å². The first-order valence-corrected chi connectivity index (χ1v) is 8.45. The van der Waals surface area contributed by atoms with Crippen LogP contribution in [0.1, 0.15) is 23.1 Å². The molecule has 1 unspecified atom stereocenters. The van der Waals surface area contributed by atoms with Crippen LogP contribution in [-0.2, 0) is 6.42 Å². The molecule has 134 valence electrons. The van der Waals surface area contributed by atoms with Crippen LogP contribution in [0.3, 0.4) is 0 Å². The van der Waals surface area contributed by atoms with Gasteiger partial charge in [-0.25, -0.2) is 4.79 Å². The molecule has 2 aromatic carbocycles. The van der Waals surface area contributed by atoms with Crippen molar-refractivity contribution in [2.75, 3.05) is 14.1 Å². The van der Waals surface area contributed by atoms with E-state index in [1.807, 2.05) is 61.5 Å². The summed E-state index contributed by atoms with van der Waals surface area (Å²) >= 11 is 0. The lowest BCUT2D eigenvalue weighted by Crippen LogP contribution is -2.38. The summed E-state index contributed by atoms with van der Waals surface area (Å²) in [5, 5.41) is 7.04. The number of hydrogen-bond acceptors (Lipinski definition) is 4. The van der Waals surface area contributed by atoms with Gasteiger partial charge in [-0.3, -0.25) is 0 Å². The van der Waals surface area contributed by atoms with Crippen molar-refractivity contribution in [3.8, 4) is 11.4 Å². The predicted octanol–water partition coefficient (Wildman–Crippen LogP) is 3.60. The number of carbonyl (C=O) groups excluding carboxylic acids is 1. The lowest BCUT2D eigenvalue weighted by molar-refractivity contribution is 0.209. The van der Waals surface area contributed by atoms with Crippen molar-refractivity contribution in [3.05, 3.63) is 71.6 Å². The van der Waals surface area contributed by atoms with Crippen LogP contribution in [0.5, 0.6) is 0 Å². The van der Waals surface area contributed by atoms with Gasteiger partial charge in [-0.15, -0.1) is 0 Å². The number of rotatable bonds is 5. The average molecular weight is 350 g/mol. The Bertz CT molecular complexity index is 874. The topological polar surface area (TPSA) is 71.3 Å². The van der Waals surface area contributed by atoms with Crippen LogP contribution in [0.25, 0.3) is 11.4 Å². The molecule has 1 N–H and O–H groups in total. The number of amides is 2. The van der Waals surface area contributed by atoms with Gasteiger partial charge in [0.2, 0.25) is 11.7 Å². The van der Waals surface area contributed by atoms with Crippen molar-refractivity contribution in [2.24, 2.45) is 0 Å². The van der Waals surface area contributed by atoms with Crippen LogP contribution in [0.4, 0.5) is 4.79 Å². The van der Waals surface area contributed by atoms with Crippen LogP contribution in [0, 0.1) is 6.92 Å². The second kappa shape index (κ2) is 7.82. The van der Waals surface area contributed by atoms with E-state index in [1.165, 1.54) is 4.90 Å². The van der Waals surface area contributed by atoms with E-state index in [1.54, 1.807) is 14.1 Å². The summed E-state index contributed by atoms with van der Waals surface area (Å²) in [5.41, 5.74) is 3.08. The third-order valence-corrected chi connectivity index (χ3v) is 4.00. The molecule has 6 heteroatoms. The molecule has 6 nitrogen and oxygen atoms in total. The van der Waals surface area contributed by atoms with Crippen LogP contribution in [-0.4, -0.2) is 35.2 Å². The summed E-state index contributed by atoms with van der Waals surface area (Å²) in [6.45, 7) is 2.01. The number of nitrogens with one attached hydrogen (secondary N) is 1. The monoisotopic (exact) mass is 350 g/mol. The average Bonchev–Trinajstić information content (AvgIpc) is 3.12. The molecule has 0 saturated carbocycles. The SMILES string of the molecule is Cc1cccc(-c2noc(C(Cc3ccccc3)NC(=O)N(C)C)n2)c1. The van der Waals surface area contributed by atoms with E-state index in [4.69, 9.17) is 4.52 Å². The molecule has 2 amide bonds. The Balaban J connectivity index is 1.87. The van der Waals surface area contributed by atoms with Gasteiger partial charge >= 0.3 is 6.03 Å². The molecule has 0 spiro atoms. The third kappa shape index (κ3) is 4.27. The van der Waals surface area contributed by atoms with E-state index in [-0.39, 0.29) is 6.03 Å². The minimum atomic E-state index is -0.404. The van der Waals surface area contributed by atoms with Crippen molar-refractivity contribution < 1.29 is 9.32 Å². The molecule has 0 aliphatic rings. The number of aryl methyl sites for hydroxylation is 1. The van der Waals surface area contributed by atoms with Crippen LogP contribution >= 0.6 is 0 Å². The van der Waals surface area contributed by atoms with Crippen LogP contribution in [0.2, 0.25) is 0 Å². The van der Waals surface area contributed by atoms with Gasteiger partial charge in [-0.1, -0.05) is 59.3 Å². The quantitative estimate of drug-likeness (QED) is 0.763. The molecule has 0 bridgehead atoms. The first-order valence-electron chi connectivity index (χ1n) is 8.45. The van der Waals surface area contributed by atoms with Gasteiger partial charge in [0.05, 0.1) is 0 Å². The van der Waals surface area contributed by atoms with Gasteiger partial charge in [0, 0.05) is 26.1 Å². The molecule has 1 heterocycles. The summed E-state index contributed by atoms with van der Waals surface area (Å²) in [6, 6.07) is 17.2. The van der Waals surface area contributed by atoms with Gasteiger partial charge in [-0.05, 0) is 18.6 Å². The Labute approximate surface area is 152 Å². The molecular weight excluding hydrogens is 328 g/mol. The van der Waals surface area contributed by atoms with Crippen molar-refractivity contribution in [3.63, 3.8) is 0 Å². The molecule has 0 radical (unpaired) electrons. The molecule has 0 aliphatic heterocycles. The standard InChI is InChI=1S/C20H22N4O2/c1-14-8-7-11-16(12-14)18-22-19(26-23-18)17(21-20(25)24(2)3)13-15-9-5-4-6-10-15/h4-12,17H,13H2,1-3H3,(H,21,25). The molecule has 0 saturated heterocycles. The number of carbonyl (C=O) groups is 1. The fourth-order valence-corrected chi connectivity index (χ4v) is 2.61. The van der Waals surface area contributed by atoms with E-state index >= 15 is 0 Å². The predicted molar refractivity (Wildman–Crippen MR) is 99.6 cm³/mol. The molecule has 0 aliphatic carbocycles. The highest BCUT2D eigenvalue weighted by molar-refractivity contribution is 5.74. The Hall–Kier alpha value is -3.15. The van der Waals surface area contributed by atoms with Gasteiger partial charge < -0.3 is 14.7 Å². The first-order chi connectivity index (χ1) is 12.5. The highest BCUT2D eigenvalue weighted by atomic mass is 16.5. The van der Waals surface area contributed by atoms with Gasteiger partial charge in [0.15, 0.2) is 0 Å². The van der Waals surface area contributed by atoms with E-state index in [9.17, 15) is 4.79 Å². The summed E-state index contributed by atoms with van der Waals surface area (Å²) in [4.78, 5) is 18.2. The Morgan fingerprint density at radius 3 is 2.62 bits per heavy atom. The minimum Gasteiger partial charge on any atom is -0.337 e. The zero-order valence-electron chi connectivity index (χ0n) is 15.1. The maximum Gasteiger partial charge on any atom is 0.317 e. The molecule has 1 aromatic heterocycles. The smallest absolute Gasteiger partial charge is 0.317 e. The Kier molecular flexibility index (Phi) is 5.31. The lowest BCUT2D eigenvalue weighted by Gasteiger charge is -2.18. The van der Waals surface area contributed by atoms with Gasteiger partial charge in [0.1, 0.15) is 6.04 Å². The van der Waals surface area contributed by atoms with Crippen LogP contribution in [0.15, 0.2) is 59.1 Å². The second-order valence-corrected chi connectivity index (χ2v) is 6.41. The van der Waals surface area contributed by atoms with E-state index in [0.717, 1.165) is 16.7 Å². The molecule has 3 rings (SSSR count). The summed E-state index contributed by atoms with van der Waals surface area (Å²) in [7, 11) is 3.39. The maximum absolute atomic E-state index is 12.2. The third-order valence-electron chi connectivity index (χ3n) is 4.00. The normalized spacial score (nSPS) is 11.8. The summed E-state index contributed by atoms with van der Waals surface area (Å²) in [6.07, 6.45) is 0.565. The van der Waals surface area contributed by atoms with Gasteiger partial charge in [0.25, 0.3) is 0 Å². The zero-order chi connectivity index (χ0) is 18.5. The largest absolute Gasteiger partial charge is 0.337 e. The summed E-state index contributed by atoms with van der Waals surface area (Å²) in [5.74, 6) is 0.904. The van der Waals surface area contributed by atoms with Crippen molar-refractivity contribution in [1.29, 1.82) is 0 Å². The van der Waals surface area contributed by atoms with Crippen molar-refractivity contribution >= 4 is 6.03 Å². The van der Waals surface area contributed by atoms with Crippen LogP contribution < -0.4 is 5.32 Å². The van der Waals surface area contributed by atoms with Crippen molar-refractivity contribution in [1.82, 2.24) is 20.4 Å². The fourth-order valence-electron chi connectivity index (χ4n) is 2.61. The lowest BCUT2D eigenvalue weighted by atomic mass is 10.1. The Morgan fingerprint density at radius 2 is 1.92 bits per heavy atom. The second-order valence-electron chi connectivity index (χ2n) is 6.41. The number of benzene rings is 2. The number of hydrogen-bond donors (Lipinski definition) is 1. The molecule has 26 heavy (non-hydrogen) atoms.